The van der Waals surface area contributed by atoms with E-state index in [2.05, 4.69) is 12.4 Å². The number of alkyl halides is 3. The third-order valence-electron chi connectivity index (χ3n) is 4.02. The number of likely N-dealkylation sites (N-methyl/N-ethyl adjacent to an activating group) is 1. The van der Waals surface area contributed by atoms with Gasteiger partial charge in [-0.05, 0) is 12.1 Å². The van der Waals surface area contributed by atoms with Crippen molar-refractivity contribution in [1.82, 2.24) is 0 Å². The number of nitrogens with one attached hydrogen (secondary N) is 3. The van der Waals surface area contributed by atoms with Gasteiger partial charge in [0.15, 0.2) is 0 Å². The predicted molar refractivity (Wildman–Crippen MR) is 76.9 cm³/mol. The molecule has 1 aromatic carbocycles. The van der Waals surface area contributed by atoms with Crippen molar-refractivity contribution < 1.29 is 27.8 Å². The first-order valence-corrected chi connectivity index (χ1v) is 7.47. The maximum Gasteiger partial charge on any atom is 0.418 e. The molecule has 0 radical (unpaired) electrons. The SMILES string of the molecule is C[NH+]1CC[NH+](CCC(=O)Nc2ccccc2C(F)(F)F)CC1. The number of rotatable bonds is 4. The number of quaternary nitrogens is 2. The number of para-hydroxylation sites is 1. The van der Waals surface area contributed by atoms with Crippen molar-refractivity contribution in [2.45, 2.75) is 12.6 Å². The van der Waals surface area contributed by atoms with Crippen LogP contribution in [-0.4, -0.2) is 45.7 Å². The number of carbonyl (C=O) groups excluding carboxylic acids is 1. The third kappa shape index (κ3) is 4.71. The van der Waals surface area contributed by atoms with E-state index in [4.69, 9.17) is 0 Å². The Hall–Kier alpha value is -1.60. The monoisotopic (exact) mass is 317 g/mol. The summed E-state index contributed by atoms with van der Waals surface area (Å²) in [5.41, 5.74) is -0.975. The molecule has 4 nitrogen and oxygen atoms in total. The predicted octanol–water partition coefficient (Wildman–Crippen LogP) is -0.553. The topological polar surface area (TPSA) is 38.0 Å². The van der Waals surface area contributed by atoms with Crippen LogP contribution in [-0.2, 0) is 11.0 Å². The van der Waals surface area contributed by atoms with E-state index < -0.39 is 11.7 Å². The molecule has 122 valence electrons. The Morgan fingerprint density at radius 3 is 2.45 bits per heavy atom. The molecule has 0 saturated carbocycles. The maximum absolute atomic E-state index is 12.9. The molecule has 0 spiro atoms. The number of benzene rings is 1. The van der Waals surface area contributed by atoms with Gasteiger partial charge in [-0.2, -0.15) is 13.2 Å². The molecular formula is C15H22F3N3O+2. The van der Waals surface area contributed by atoms with E-state index in [0.717, 1.165) is 32.2 Å². The Labute approximate surface area is 127 Å². The lowest BCUT2D eigenvalue weighted by molar-refractivity contribution is -1.00. The van der Waals surface area contributed by atoms with Crippen LogP contribution in [0.4, 0.5) is 18.9 Å². The molecular weight excluding hydrogens is 295 g/mol. The molecule has 1 aliphatic rings. The van der Waals surface area contributed by atoms with Gasteiger partial charge in [-0.25, -0.2) is 0 Å². The van der Waals surface area contributed by atoms with Crippen LogP contribution in [0.25, 0.3) is 0 Å². The molecule has 1 aromatic rings. The molecule has 0 aromatic heterocycles. The number of amides is 1. The summed E-state index contributed by atoms with van der Waals surface area (Å²) < 4.78 is 38.6. The van der Waals surface area contributed by atoms with Crippen LogP contribution in [0.3, 0.4) is 0 Å². The van der Waals surface area contributed by atoms with Crippen LogP contribution in [0.2, 0.25) is 0 Å². The molecule has 22 heavy (non-hydrogen) atoms. The summed E-state index contributed by atoms with van der Waals surface area (Å²) in [6.07, 6.45) is -4.23. The second-order valence-electron chi connectivity index (χ2n) is 5.80. The zero-order valence-electron chi connectivity index (χ0n) is 12.6. The van der Waals surface area contributed by atoms with Crippen LogP contribution in [0.5, 0.6) is 0 Å². The van der Waals surface area contributed by atoms with E-state index in [-0.39, 0.29) is 18.0 Å². The van der Waals surface area contributed by atoms with E-state index in [9.17, 15) is 18.0 Å². The highest BCUT2D eigenvalue weighted by Crippen LogP contribution is 2.34. The Bertz CT molecular complexity index is 511. The summed E-state index contributed by atoms with van der Waals surface area (Å²) in [6.45, 7) is 4.78. The standard InChI is InChI=1S/C15H20F3N3O/c1-20-8-10-21(11-9-20)7-6-14(22)19-13-5-3-2-4-12(13)15(16,17)18/h2-5H,6-11H2,1H3,(H,19,22)/p+2. The van der Waals surface area contributed by atoms with Crippen molar-refractivity contribution in [3.8, 4) is 0 Å². The zero-order valence-corrected chi connectivity index (χ0v) is 12.6. The molecule has 1 saturated heterocycles. The smallest absolute Gasteiger partial charge is 0.328 e. The summed E-state index contributed by atoms with van der Waals surface area (Å²) in [6, 6.07) is 5.06. The molecule has 7 heteroatoms. The molecule has 1 fully saturated rings. The lowest BCUT2D eigenvalue weighted by atomic mass is 10.1. The number of anilines is 1. The van der Waals surface area contributed by atoms with Crippen molar-refractivity contribution >= 4 is 11.6 Å². The normalized spacial score (nSPS) is 22.4. The fourth-order valence-corrected chi connectivity index (χ4v) is 2.62. The second-order valence-corrected chi connectivity index (χ2v) is 5.80. The van der Waals surface area contributed by atoms with Crippen LogP contribution in [0, 0.1) is 0 Å². The van der Waals surface area contributed by atoms with Gasteiger partial charge in [0, 0.05) is 0 Å². The Balaban J connectivity index is 1.87. The summed E-state index contributed by atoms with van der Waals surface area (Å²) in [4.78, 5) is 14.7. The van der Waals surface area contributed by atoms with Gasteiger partial charge in [0.05, 0.1) is 31.3 Å². The minimum Gasteiger partial charge on any atom is -0.328 e. The van der Waals surface area contributed by atoms with Gasteiger partial charge in [-0.15, -0.1) is 0 Å². The number of hydrogen-bond acceptors (Lipinski definition) is 1. The molecule has 2 rings (SSSR count). The fraction of sp³-hybridized carbons (Fsp3) is 0.533. The highest BCUT2D eigenvalue weighted by atomic mass is 19.4. The highest BCUT2D eigenvalue weighted by molar-refractivity contribution is 5.91. The van der Waals surface area contributed by atoms with Crippen molar-refractivity contribution in [3.05, 3.63) is 29.8 Å². The minimum absolute atomic E-state index is 0.169. The Morgan fingerprint density at radius 2 is 1.82 bits per heavy atom. The number of halogens is 3. The number of piperazine rings is 1. The van der Waals surface area contributed by atoms with E-state index in [1.165, 1.54) is 28.0 Å². The Kier molecular flexibility index (Phi) is 5.42. The average Bonchev–Trinajstić information content (AvgIpc) is 2.46. The second kappa shape index (κ2) is 7.11. The summed E-state index contributed by atoms with van der Waals surface area (Å²) in [7, 11) is 2.14. The summed E-state index contributed by atoms with van der Waals surface area (Å²) >= 11 is 0. The van der Waals surface area contributed by atoms with Crippen LogP contribution in [0.15, 0.2) is 24.3 Å². The van der Waals surface area contributed by atoms with Gasteiger partial charge in [0.1, 0.15) is 26.2 Å². The zero-order chi connectivity index (χ0) is 16.2. The van der Waals surface area contributed by atoms with Crippen LogP contribution >= 0.6 is 0 Å². The van der Waals surface area contributed by atoms with Gasteiger partial charge in [0.2, 0.25) is 5.91 Å². The maximum atomic E-state index is 12.9. The van der Waals surface area contributed by atoms with Gasteiger partial charge >= 0.3 is 6.18 Å². The Morgan fingerprint density at radius 1 is 1.18 bits per heavy atom. The van der Waals surface area contributed by atoms with Gasteiger partial charge in [-0.1, -0.05) is 12.1 Å². The van der Waals surface area contributed by atoms with Crippen molar-refractivity contribution in [3.63, 3.8) is 0 Å². The molecule has 1 heterocycles. The lowest BCUT2D eigenvalue weighted by Crippen LogP contribution is -3.27. The number of carbonyl (C=O) groups is 1. The molecule has 1 amide bonds. The van der Waals surface area contributed by atoms with Gasteiger partial charge in [-0.3, -0.25) is 4.79 Å². The first-order valence-electron chi connectivity index (χ1n) is 7.47. The largest absolute Gasteiger partial charge is 0.418 e. The van der Waals surface area contributed by atoms with E-state index >= 15 is 0 Å². The third-order valence-corrected chi connectivity index (χ3v) is 4.02. The summed E-state index contributed by atoms with van der Waals surface area (Å²) in [5, 5.41) is 2.39. The van der Waals surface area contributed by atoms with Crippen molar-refractivity contribution in [2.24, 2.45) is 0 Å². The quantitative estimate of drug-likeness (QED) is 0.685. The molecule has 3 N–H and O–H groups in total. The molecule has 0 bridgehead atoms. The first kappa shape index (κ1) is 16.8. The van der Waals surface area contributed by atoms with Crippen LogP contribution < -0.4 is 15.1 Å². The van der Waals surface area contributed by atoms with E-state index in [1.807, 2.05) is 0 Å². The average molecular weight is 317 g/mol. The fourth-order valence-electron chi connectivity index (χ4n) is 2.62. The van der Waals surface area contributed by atoms with Gasteiger partial charge in [0.25, 0.3) is 0 Å². The van der Waals surface area contributed by atoms with Crippen LogP contribution in [0.1, 0.15) is 12.0 Å². The lowest BCUT2D eigenvalue weighted by Gasteiger charge is -2.27. The first-order chi connectivity index (χ1) is 10.4. The summed E-state index contributed by atoms with van der Waals surface area (Å²) in [5.74, 6) is -0.365. The van der Waals surface area contributed by atoms with Crippen molar-refractivity contribution in [1.29, 1.82) is 0 Å². The molecule has 1 aliphatic heterocycles. The molecule has 0 unspecified atom stereocenters. The van der Waals surface area contributed by atoms with Crippen molar-refractivity contribution in [2.75, 3.05) is 45.1 Å². The van der Waals surface area contributed by atoms with E-state index in [0.29, 0.717) is 6.54 Å². The highest BCUT2D eigenvalue weighted by Gasteiger charge is 2.33. The minimum atomic E-state index is -4.46. The molecule has 0 atom stereocenters. The van der Waals surface area contributed by atoms with Gasteiger partial charge < -0.3 is 15.1 Å². The molecule has 0 aliphatic carbocycles. The van der Waals surface area contributed by atoms with E-state index in [1.54, 1.807) is 0 Å². The number of hydrogen-bond donors (Lipinski definition) is 3.